The van der Waals surface area contributed by atoms with Crippen molar-refractivity contribution >= 4 is 5.91 Å². The van der Waals surface area contributed by atoms with Crippen molar-refractivity contribution in [2.45, 2.75) is 51.1 Å². The van der Waals surface area contributed by atoms with Gasteiger partial charge in [-0.25, -0.2) is 4.68 Å². The molecule has 25 heavy (non-hydrogen) atoms. The third-order valence-corrected chi connectivity index (χ3v) is 4.52. The molecule has 2 heterocycles. The lowest BCUT2D eigenvalue weighted by atomic mass is 10.1. The molecule has 0 atom stereocenters. The first kappa shape index (κ1) is 17.5. The molecule has 2 aromatic rings. The fraction of sp³-hybridized carbons (Fsp3) is 0.556. The lowest BCUT2D eigenvalue weighted by Gasteiger charge is -2.16. The van der Waals surface area contributed by atoms with E-state index in [1.807, 2.05) is 18.2 Å². The van der Waals surface area contributed by atoms with Gasteiger partial charge in [-0.2, -0.15) is 0 Å². The number of rotatable bonds is 7. The molecule has 0 radical (unpaired) electrons. The van der Waals surface area contributed by atoms with E-state index in [-0.39, 0.29) is 5.91 Å². The first-order chi connectivity index (χ1) is 12.3. The van der Waals surface area contributed by atoms with Gasteiger partial charge >= 0.3 is 0 Å². The molecule has 0 aliphatic heterocycles. The number of amides is 1. The van der Waals surface area contributed by atoms with Crippen molar-refractivity contribution < 1.29 is 4.79 Å². The van der Waals surface area contributed by atoms with Crippen LogP contribution < -0.4 is 10.6 Å². The molecule has 0 aromatic carbocycles. The van der Waals surface area contributed by atoms with Crippen LogP contribution in [0.4, 0.5) is 0 Å². The molecule has 1 amide bonds. The van der Waals surface area contributed by atoms with Gasteiger partial charge in [0, 0.05) is 25.3 Å². The molecule has 2 N–H and O–H groups in total. The number of carbonyl (C=O) groups is 1. The SMILES string of the molecule is O=C(NCCNC1CCCCCC1)c1cn(Cc2ccccn2)nn1. The normalized spacial score (nSPS) is 15.7. The predicted octanol–water partition coefficient (Wildman–Crippen LogP) is 1.76. The molecular weight excluding hydrogens is 316 g/mol. The highest BCUT2D eigenvalue weighted by atomic mass is 16.2. The smallest absolute Gasteiger partial charge is 0.273 e. The van der Waals surface area contributed by atoms with Gasteiger partial charge in [-0.05, 0) is 25.0 Å². The molecule has 3 rings (SSSR count). The van der Waals surface area contributed by atoms with Crippen molar-refractivity contribution in [2.75, 3.05) is 13.1 Å². The Morgan fingerprint density at radius 2 is 2.00 bits per heavy atom. The summed E-state index contributed by atoms with van der Waals surface area (Å²) in [7, 11) is 0. The van der Waals surface area contributed by atoms with Crippen LogP contribution in [0.2, 0.25) is 0 Å². The number of hydrogen-bond donors (Lipinski definition) is 2. The van der Waals surface area contributed by atoms with Crippen molar-refractivity contribution in [1.82, 2.24) is 30.6 Å². The molecule has 134 valence electrons. The third kappa shape index (κ3) is 5.63. The van der Waals surface area contributed by atoms with Crippen LogP contribution in [0.1, 0.15) is 54.7 Å². The Kier molecular flexibility index (Phi) is 6.50. The molecule has 0 unspecified atom stereocenters. The van der Waals surface area contributed by atoms with Gasteiger partial charge in [0.25, 0.3) is 5.91 Å². The summed E-state index contributed by atoms with van der Waals surface area (Å²) in [5, 5.41) is 14.4. The Morgan fingerprint density at radius 3 is 2.76 bits per heavy atom. The number of nitrogens with zero attached hydrogens (tertiary/aromatic N) is 4. The second-order valence-corrected chi connectivity index (χ2v) is 6.52. The van der Waals surface area contributed by atoms with E-state index in [4.69, 9.17) is 0 Å². The van der Waals surface area contributed by atoms with Crippen molar-refractivity contribution in [2.24, 2.45) is 0 Å². The van der Waals surface area contributed by atoms with E-state index < -0.39 is 0 Å². The largest absolute Gasteiger partial charge is 0.349 e. The van der Waals surface area contributed by atoms with Gasteiger partial charge in [0.1, 0.15) is 0 Å². The predicted molar refractivity (Wildman–Crippen MR) is 95.2 cm³/mol. The first-order valence-corrected chi connectivity index (χ1v) is 9.13. The topological polar surface area (TPSA) is 84.7 Å². The van der Waals surface area contributed by atoms with Crippen molar-refractivity contribution in [1.29, 1.82) is 0 Å². The molecule has 2 aromatic heterocycles. The first-order valence-electron chi connectivity index (χ1n) is 9.13. The Labute approximate surface area is 148 Å². The highest BCUT2D eigenvalue weighted by Crippen LogP contribution is 2.16. The van der Waals surface area contributed by atoms with Gasteiger partial charge in [0.05, 0.1) is 18.4 Å². The molecule has 1 aliphatic rings. The molecule has 1 aliphatic carbocycles. The summed E-state index contributed by atoms with van der Waals surface area (Å²) in [6.45, 7) is 1.89. The fourth-order valence-electron chi connectivity index (χ4n) is 3.16. The van der Waals surface area contributed by atoms with E-state index in [1.54, 1.807) is 17.1 Å². The number of aromatic nitrogens is 4. The van der Waals surface area contributed by atoms with Crippen molar-refractivity contribution in [3.63, 3.8) is 0 Å². The molecule has 0 bridgehead atoms. The molecule has 1 fully saturated rings. The van der Waals surface area contributed by atoms with Gasteiger partial charge in [0.15, 0.2) is 5.69 Å². The van der Waals surface area contributed by atoms with E-state index in [0.717, 1.165) is 12.2 Å². The van der Waals surface area contributed by atoms with Gasteiger partial charge in [-0.1, -0.05) is 37.0 Å². The molecular formula is C18H26N6O. The maximum atomic E-state index is 12.1. The molecule has 7 heteroatoms. The lowest BCUT2D eigenvalue weighted by molar-refractivity contribution is 0.0948. The summed E-state index contributed by atoms with van der Waals surface area (Å²) in [6, 6.07) is 6.31. The average molecular weight is 342 g/mol. The average Bonchev–Trinajstić information content (AvgIpc) is 2.94. The molecule has 7 nitrogen and oxygen atoms in total. The van der Waals surface area contributed by atoms with Crippen LogP contribution in [-0.4, -0.2) is 45.0 Å². The monoisotopic (exact) mass is 342 g/mol. The van der Waals surface area contributed by atoms with E-state index >= 15 is 0 Å². The summed E-state index contributed by atoms with van der Waals surface area (Å²) >= 11 is 0. The second-order valence-electron chi connectivity index (χ2n) is 6.52. The number of carbonyl (C=O) groups excluding carboxylic acids is 1. The quantitative estimate of drug-likeness (QED) is 0.592. The minimum Gasteiger partial charge on any atom is -0.349 e. The Balaban J connectivity index is 1.39. The molecule has 0 spiro atoms. The summed E-state index contributed by atoms with van der Waals surface area (Å²) in [4.78, 5) is 16.4. The van der Waals surface area contributed by atoms with Gasteiger partial charge in [-0.15, -0.1) is 5.10 Å². The van der Waals surface area contributed by atoms with E-state index in [2.05, 4.69) is 25.9 Å². The maximum Gasteiger partial charge on any atom is 0.273 e. The minimum atomic E-state index is -0.185. The van der Waals surface area contributed by atoms with Gasteiger partial charge < -0.3 is 10.6 Å². The maximum absolute atomic E-state index is 12.1. The zero-order chi connectivity index (χ0) is 17.3. The minimum absolute atomic E-state index is 0.185. The lowest BCUT2D eigenvalue weighted by Crippen LogP contribution is -2.37. The van der Waals surface area contributed by atoms with Crippen molar-refractivity contribution in [3.8, 4) is 0 Å². The van der Waals surface area contributed by atoms with Gasteiger partial charge in [-0.3, -0.25) is 9.78 Å². The van der Waals surface area contributed by atoms with Gasteiger partial charge in [0.2, 0.25) is 0 Å². The second kappa shape index (κ2) is 9.27. The zero-order valence-corrected chi connectivity index (χ0v) is 14.5. The third-order valence-electron chi connectivity index (χ3n) is 4.52. The van der Waals surface area contributed by atoms with E-state index in [9.17, 15) is 4.79 Å². The van der Waals surface area contributed by atoms with Crippen LogP contribution in [0.3, 0.4) is 0 Å². The van der Waals surface area contributed by atoms with E-state index in [1.165, 1.54) is 38.5 Å². The van der Waals surface area contributed by atoms with Crippen LogP contribution >= 0.6 is 0 Å². The Morgan fingerprint density at radius 1 is 1.16 bits per heavy atom. The highest BCUT2D eigenvalue weighted by Gasteiger charge is 2.13. The number of pyridine rings is 1. The van der Waals surface area contributed by atoms with Crippen LogP contribution in [0, 0.1) is 0 Å². The standard InChI is InChI=1S/C18H26N6O/c25-18(21-12-11-20-15-7-3-1-2-4-8-15)17-14-24(23-22-17)13-16-9-5-6-10-19-16/h5-6,9-10,14-15,20H,1-4,7-8,11-13H2,(H,21,25). The Bertz CT molecular complexity index is 649. The number of nitrogens with one attached hydrogen (secondary N) is 2. The zero-order valence-electron chi connectivity index (χ0n) is 14.5. The molecule has 1 saturated carbocycles. The van der Waals surface area contributed by atoms with Crippen LogP contribution in [0.15, 0.2) is 30.6 Å². The summed E-state index contributed by atoms with van der Waals surface area (Å²) < 4.78 is 1.63. The van der Waals surface area contributed by atoms with Crippen LogP contribution in [0.25, 0.3) is 0 Å². The van der Waals surface area contributed by atoms with E-state index in [0.29, 0.717) is 24.8 Å². The van der Waals surface area contributed by atoms with Crippen LogP contribution in [-0.2, 0) is 6.54 Å². The fourth-order valence-corrected chi connectivity index (χ4v) is 3.16. The summed E-state index contributed by atoms with van der Waals surface area (Å²) in [6.07, 6.45) is 11.2. The highest BCUT2D eigenvalue weighted by molar-refractivity contribution is 5.91. The number of hydrogen-bond acceptors (Lipinski definition) is 5. The summed E-state index contributed by atoms with van der Waals surface area (Å²) in [5.41, 5.74) is 1.22. The summed E-state index contributed by atoms with van der Waals surface area (Å²) in [5.74, 6) is -0.185. The van der Waals surface area contributed by atoms with Crippen LogP contribution in [0.5, 0.6) is 0 Å². The van der Waals surface area contributed by atoms with Crippen molar-refractivity contribution in [3.05, 3.63) is 42.0 Å². The Hall–Kier alpha value is -2.28. The molecule has 0 saturated heterocycles.